The minimum atomic E-state index is 0.0132. The zero-order chi connectivity index (χ0) is 18.9. The minimum absolute atomic E-state index is 0.0132. The van der Waals surface area contributed by atoms with Crippen LogP contribution in [0.25, 0.3) is 10.9 Å². The van der Waals surface area contributed by atoms with Crippen LogP contribution in [0.15, 0.2) is 41.9 Å². The molecule has 1 atom stereocenters. The molecule has 1 aliphatic carbocycles. The Labute approximate surface area is 168 Å². The quantitative estimate of drug-likeness (QED) is 0.596. The molecular formula is C21H25N5OS. The van der Waals surface area contributed by atoms with Crippen LogP contribution in [0, 0.1) is 0 Å². The van der Waals surface area contributed by atoms with Crippen LogP contribution in [0.2, 0.25) is 0 Å². The second-order valence-electron chi connectivity index (χ2n) is 7.73. The molecule has 5 rings (SSSR count). The summed E-state index contributed by atoms with van der Waals surface area (Å²) in [4.78, 5) is 12.4. The Balaban J connectivity index is 1.53. The summed E-state index contributed by atoms with van der Waals surface area (Å²) in [5.41, 5.74) is 4.62. The van der Waals surface area contributed by atoms with Gasteiger partial charge in [-0.25, -0.2) is 4.98 Å². The van der Waals surface area contributed by atoms with Gasteiger partial charge in [-0.3, -0.25) is 4.99 Å². The van der Waals surface area contributed by atoms with E-state index in [1.165, 1.54) is 42.3 Å². The minimum Gasteiger partial charge on any atom is -0.394 e. The number of aromatic nitrogens is 3. The van der Waals surface area contributed by atoms with E-state index in [1.807, 2.05) is 18.7 Å². The van der Waals surface area contributed by atoms with Crippen molar-refractivity contribution in [3.63, 3.8) is 0 Å². The number of rotatable bonds is 6. The standard InChI is InChI=1S/C21H25N5OS/c27-11-17-12-28-21(24-17)19-9-15-7-14(10-26-6-5-22-13-26)8-18(20(15)25-19)23-16-3-1-2-4-16/h5-9,13,16-17,23,25,27H,1-4,10-12H2. The molecule has 6 nitrogen and oxygen atoms in total. The summed E-state index contributed by atoms with van der Waals surface area (Å²) >= 11 is 1.72. The van der Waals surface area contributed by atoms with Crippen LogP contribution in [-0.2, 0) is 6.54 Å². The average Bonchev–Trinajstić information content (AvgIpc) is 3.48. The van der Waals surface area contributed by atoms with Crippen molar-refractivity contribution in [2.24, 2.45) is 4.99 Å². The number of anilines is 1. The van der Waals surface area contributed by atoms with Crippen molar-refractivity contribution in [1.29, 1.82) is 0 Å². The lowest BCUT2D eigenvalue weighted by Crippen LogP contribution is -2.15. The van der Waals surface area contributed by atoms with Crippen LogP contribution in [-0.4, -0.2) is 49.1 Å². The third-order valence-corrected chi connectivity index (χ3v) is 6.73. The van der Waals surface area contributed by atoms with Crippen LogP contribution < -0.4 is 5.32 Å². The number of fused-ring (bicyclic) bond motifs is 1. The van der Waals surface area contributed by atoms with E-state index in [0.717, 1.165) is 28.6 Å². The molecule has 0 amide bonds. The summed E-state index contributed by atoms with van der Waals surface area (Å²) in [5, 5.41) is 15.4. The molecule has 2 aliphatic rings. The number of imidazole rings is 1. The van der Waals surface area contributed by atoms with E-state index in [0.29, 0.717) is 6.04 Å². The normalized spacial score (nSPS) is 20.2. The topological polar surface area (TPSA) is 78.2 Å². The van der Waals surface area contributed by atoms with E-state index in [2.05, 4.69) is 43.0 Å². The molecular weight excluding hydrogens is 370 g/mol. The number of aliphatic hydroxyl groups excluding tert-OH is 1. The zero-order valence-electron chi connectivity index (χ0n) is 15.8. The number of aliphatic hydroxyl groups is 1. The van der Waals surface area contributed by atoms with Gasteiger partial charge in [0.25, 0.3) is 0 Å². The zero-order valence-corrected chi connectivity index (χ0v) is 16.6. The van der Waals surface area contributed by atoms with E-state index in [1.54, 1.807) is 11.8 Å². The van der Waals surface area contributed by atoms with Gasteiger partial charge in [0.1, 0.15) is 5.04 Å². The fraction of sp³-hybridized carbons (Fsp3) is 0.429. The summed E-state index contributed by atoms with van der Waals surface area (Å²) in [6.45, 7) is 0.915. The highest BCUT2D eigenvalue weighted by Gasteiger charge is 2.22. The van der Waals surface area contributed by atoms with Gasteiger partial charge in [-0.15, -0.1) is 11.8 Å². The van der Waals surface area contributed by atoms with Gasteiger partial charge in [0.2, 0.25) is 0 Å². The summed E-state index contributed by atoms with van der Waals surface area (Å²) < 4.78 is 2.09. The Bertz CT molecular complexity index is 988. The van der Waals surface area contributed by atoms with Crippen LogP contribution in [0.5, 0.6) is 0 Å². The molecule has 1 fully saturated rings. The maximum Gasteiger partial charge on any atom is 0.115 e. The molecule has 1 unspecified atom stereocenters. The van der Waals surface area contributed by atoms with Crippen LogP contribution in [0.3, 0.4) is 0 Å². The van der Waals surface area contributed by atoms with Gasteiger partial charge >= 0.3 is 0 Å². The molecule has 3 N–H and O–H groups in total. The lowest BCUT2D eigenvalue weighted by atomic mass is 10.1. The van der Waals surface area contributed by atoms with Crippen LogP contribution >= 0.6 is 11.8 Å². The van der Waals surface area contributed by atoms with Gasteiger partial charge in [-0.2, -0.15) is 0 Å². The van der Waals surface area contributed by atoms with Crippen molar-refractivity contribution in [2.75, 3.05) is 17.7 Å². The lowest BCUT2D eigenvalue weighted by molar-refractivity contribution is 0.277. The number of H-pyrrole nitrogens is 1. The van der Waals surface area contributed by atoms with E-state index < -0.39 is 0 Å². The molecule has 1 saturated carbocycles. The summed E-state index contributed by atoms with van der Waals surface area (Å²) in [6, 6.07) is 7.27. The molecule has 1 aliphatic heterocycles. The highest BCUT2D eigenvalue weighted by Crippen LogP contribution is 2.32. The number of aromatic amines is 1. The highest BCUT2D eigenvalue weighted by molar-refractivity contribution is 8.14. The van der Waals surface area contributed by atoms with Crippen molar-refractivity contribution in [3.05, 3.63) is 48.2 Å². The summed E-state index contributed by atoms with van der Waals surface area (Å²) in [7, 11) is 0. The van der Waals surface area contributed by atoms with Crippen molar-refractivity contribution in [3.8, 4) is 0 Å². The molecule has 28 heavy (non-hydrogen) atoms. The first-order chi connectivity index (χ1) is 13.8. The third kappa shape index (κ3) is 3.56. The fourth-order valence-electron chi connectivity index (χ4n) is 4.16. The average molecular weight is 396 g/mol. The largest absolute Gasteiger partial charge is 0.394 e. The van der Waals surface area contributed by atoms with Crippen molar-refractivity contribution in [1.82, 2.24) is 14.5 Å². The number of thioether (sulfide) groups is 1. The number of aliphatic imine (C=N–C) groups is 1. The second-order valence-corrected chi connectivity index (χ2v) is 8.74. The maximum absolute atomic E-state index is 9.38. The van der Waals surface area contributed by atoms with Gasteiger partial charge in [0.15, 0.2) is 0 Å². The van der Waals surface area contributed by atoms with E-state index in [-0.39, 0.29) is 12.6 Å². The van der Waals surface area contributed by atoms with Crippen molar-refractivity contribution in [2.45, 2.75) is 44.3 Å². The molecule has 3 aromatic rings. The smallest absolute Gasteiger partial charge is 0.115 e. The monoisotopic (exact) mass is 395 g/mol. The molecule has 7 heteroatoms. The molecule has 2 aromatic heterocycles. The molecule has 0 spiro atoms. The molecule has 1 aromatic carbocycles. The van der Waals surface area contributed by atoms with Gasteiger partial charge in [0.05, 0.1) is 35.9 Å². The highest BCUT2D eigenvalue weighted by atomic mass is 32.2. The van der Waals surface area contributed by atoms with Gasteiger partial charge in [-0.1, -0.05) is 12.8 Å². The summed E-state index contributed by atoms with van der Waals surface area (Å²) in [6.07, 6.45) is 10.8. The molecule has 146 valence electrons. The molecule has 3 heterocycles. The number of nitrogens with zero attached hydrogens (tertiary/aromatic N) is 3. The molecule has 0 radical (unpaired) electrons. The first-order valence-electron chi connectivity index (χ1n) is 9.98. The Hall–Kier alpha value is -2.25. The first kappa shape index (κ1) is 17.8. The van der Waals surface area contributed by atoms with E-state index >= 15 is 0 Å². The SMILES string of the molecule is OCC1CSC(c2cc3cc(Cn4ccnc4)cc(NC4CCCC4)c3[nH]2)=N1. The van der Waals surface area contributed by atoms with E-state index in [9.17, 15) is 5.11 Å². The van der Waals surface area contributed by atoms with Gasteiger partial charge in [-0.05, 0) is 36.6 Å². The summed E-state index contributed by atoms with van der Waals surface area (Å²) in [5.74, 6) is 0.847. The van der Waals surface area contributed by atoms with Crippen LogP contribution in [0.4, 0.5) is 5.69 Å². The van der Waals surface area contributed by atoms with Crippen LogP contribution in [0.1, 0.15) is 36.9 Å². The lowest BCUT2D eigenvalue weighted by Gasteiger charge is -2.16. The molecule has 0 bridgehead atoms. The number of hydrogen-bond acceptors (Lipinski definition) is 5. The Morgan fingerprint density at radius 3 is 2.89 bits per heavy atom. The number of benzene rings is 1. The fourth-order valence-corrected chi connectivity index (χ4v) is 5.18. The third-order valence-electron chi connectivity index (χ3n) is 5.58. The Kier molecular flexibility index (Phi) is 4.86. The van der Waals surface area contributed by atoms with Crippen molar-refractivity contribution >= 4 is 33.4 Å². The molecule has 0 saturated heterocycles. The van der Waals surface area contributed by atoms with Gasteiger partial charge < -0.3 is 20.0 Å². The second kappa shape index (κ2) is 7.64. The number of nitrogens with one attached hydrogen (secondary N) is 2. The van der Waals surface area contributed by atoms with E-state index in [4.69, 9.17) is 0 Å². The predicted octanol–water partition coefficient (Wildman–Crippen LogP) is 3.62. The first-order valence-corrected chi connectivity index (χ1v) is 11.0. The Morgan fingerprint density at radius 1 is 1.25 bits per heavy atom. The maximum atomic E-state index is 9.38. The number of hydrogen-bond donors (Lipinski definition) is 3. The van der Waals surface area contributed by atoms with Gasteiger partial charge in [0, 0.05) is 36.1 Å². The predicted molar refractivity (Wildman–Crippen MR) is 115 cm³/mol. The van der Waals surface area contributed by atoms with Crippen molar-refractivity contribution < 1.29 is 5.11 Å². The Morgan fingerprint density at radius 2 is 2.14 bits per heavy atom.